The van der Waals surface area contributed by atoms with Crippen LogP contribution >= 0.6 is 22.9 Å². The average molecular weight is 305 g/mol. The number of hydrogen-bond donors (Lipinski definition) is 0. The molecule has 2 aromatic carbocycles. The molecule has 0 N–H and O–H groups in total. The highest BCUT2D eigenvalue weighted by Gasteiger charge is 2.15. The van der Waals surface area contributed by atoms with Crippen molar-refractivity contribution in [2.75, 3.05) is 0 Å². The zero-order valence-corrected chi connectivity index (χ0v) is 12.0. The van der Waals surface area contributed by atoms with E-state index in [9.17, 15) is 9.18 Å². The summed E-state index contributed by atoms with van der Waals surface area (Å²) in [5.74, 6) is -0.731. The Hall–Kier alpha value is -1.71. The Morgan fingerprint density at radius 3 is 2.80 bits per heavy atom. The van der Waals surface area contributed by atoms with E-state index in [0.717, 1.165) is 15.6 Å². The van der Waals surface area contributed by atoms with Gasteiger partial charge in [-0.15, -0.1) is 11.3 Å². The van der Waals surface area contributed by atoms with E-state index in [4.69, 9.17) is 11.6 Å². The van der Waals surface area contributed by atoms with Crippen LogP contribution in [0, 0.1) is 5.82 Å². The number of fused-ring (bicyclic) bond motifs is 1. The van der Waals surface area contributed by atoms with Crippen molar-refractivity contribution < 1.29 is 9.18 Å². The number of rotatable bonds is 3. The Bertz CT molecular complexity index is 794. The molecule has 0 fully saturated rings. The Kier molecular flexibility index (Phi) is 3.55. The van der Waals surface area contributed by atoms with Crippen molar-refractivity contribution in [3.05, 3.63) is 69.8 Å². The molecule has 0 aliphatic heterocycles. The van der Waals surface area contributed by atoms with Crippen LogP contribution in [0.25, 0.3) is 10.1 Å². The lowest BCUT2D eigenvalue weighted by Crippen LogP contribution is -2.04. The monoisotopic (exact) mass is 304 g/mol. The molecule has 1 heterocycles. The summed E-state index contributed by atoms with van der Waals surface area (Å²) in [6.45, 7) is 0. The number of Topliss-reactive ketones (excluding diaryl/α,β-unsaturated/α-hetero) is 1. The molecule has 4 heteroatoms. The molecular weight excluding hydrogens is 295 g/mol. The SMILES string of the molecule is O=C(Cc1csc2ccccc12)c1cccc(F)c1Cl. The molecule has 20 heavy (non-hydrogen) atoms. The largest absolute Gasteiger partial charge is 0.294 e. The maximum atomic E-state index is 13.4. The molecule has 0 bridgehead atoms. The third kappa shape index (κ3) is 2.35. The first-order chi connectivity index (χ1) is 9.66. The Balaban J connectivity index is 1.95. The highest BCUT2D eigenvalue weighted by molar-refractivity contribution is 7.17. The maximum absolute atomic E-state index is 13.4. The lowest BCUT2D eigenvalue weighted by Gasteiger charge is -2.04. The molecule has 3 aromatic rings. The van der Waals surface area contributed by atoms with Gasteiger partial charge in [-0.25, -0.2) is 4.39 Å². The molecule has 3 rings (SSSR count). The van der Waals surface area contributed by atoms with Crippen LogP contribution < -0.4 is 0 Å². The predicted molar refractivity (Wildman–Crippen MR) is 81.3 cm³/mol. The first-order valence-corrected chi connectivity index (χ1v) is 7.35. The fourth-order valence-electron chi connectivity index (χ4n) is 2.16. The van der Waals surface area contributed by atoms with Crippen LogP contribution in [0.5, 0.6) is 0 Å². The van der Waals surface area contributed by atoms with E-state index >= 15 is 0 Å². The van der Waals surface area contributed by atoms with Gasteiger partial charge in [-0.1, -0.05) is 35.9 Å². The van der Waals surface area contributed by atoms with Gasteiger partial charge >= 0.3 is 0 Å². The summed E-state index contributed by atoms with van der Waals surface area (Å²) in [6, 6.07) is 12.2. The molecule has 0 amide bonds. The second-order valence-corrected chi connectivity index (χ2v) is 5.75. The summed E-state index contributed by atoms with van der Waals surface area (Å²) in [5.41, 5.74) is 1.19. The molecule has 0 saturated heterocycles. The van der Waals surface area contributed by atoms with Gasteiger partial charge in [-0.2, -0.15) is 0 Å². The zero-order valence-electron chi connectivity index (χ0n) is 10.4. The van der Waals surface area contributed by atoms with Gasteiger partial charge in [0.1, 0.15) is 5.82 Å². The summed E-state index contributed by atoms with van der Waals surface area (Å²) in [4.78, 5) is 12.3. The normalized spacial score (nSPS) is 10.9. The number of hydrogen-bond acceptors (Lipinski definition) is 2. The molecular formula is C16H10ClFOS. The average Bonchev–Trinajstić information content (AvgIpc) is 2.85. The molecule has 1 aromatic heterocycles. The highest BCUT2D eigenvalue weighted by Crippen LogP contribution is 2.28. The Labute approximate surface area is 124 Å². The minimum Gasteiger partial charge on any atom is -0.294 e. The van der Waals surface area contributed by atoms with Crippen LogP contribution in [0.1, 0.15) is 15.9 Å². The Morgan fingerprint density at radius 1 is 1.15 bits per heavy atom. The topological polar surface area (TPSA) is 17.1 Å². The quantitative estimate of drug-likeness (QED) is 0.614. The van der Waals surface area contributed by atoms with Gasteiger partial charge in [0.2, 0.25) is 0 Å². The molecule has 0 saturated carbocycles. The molecule has 0 aliphatic rings. The van der Waals surface area contributed by atoms with E-state index in [1.165, 1.54) is 12.1 Å². The fraction of sp³-hybridized carbons (Fsp3) is 0.0625. The molecule has 0 aliphatic carbocycles. The van der Waals surface area contributed by atoms with E-state index in [0.29, 0.717) is 0 Å². The van der Waals surface area contributed by atoms with Gasteiger partial charge in [0, 0.05) is 16.7 Å². The van der Waals surface area contributed by atoms with Crippen molar-refractivity contribution in [2.45, 2.75) is 6.42 Å². The summed E-state index contributed by atoms with van der Waals surface area (Å²) in [6.07, 6.45) is 0.229. The zero-order chi connectivity index (χ0) is 14.1. The summed E-state index contributed by atoms with van der Waals surface area (Å²) in [5, 5.41) is 2.94. The first kappa shape index (κ1) is 13.3. The van der Waals surface area contributed by atoms with E-state index in [1.54, 1.807) is 17.4 Å². The maximum Gasteiger partial charge on any atom is 0.168 e. The smallest absolute Gasteiger partial charge is 0.168 e. The standard InChI is InChI=1S/C16H10ClFOS/c17-16-12(5-3-6-13(16)18)14(19)8-10-9-20-15-7-2-1-4-11(10)15/h1-7,9H,8H2. The number of halogens is 2. The van der Waals surface area contributed by atoms with Gasteiger partial charge in [-0.05, 0) is 34.5 Å². The first-order valence-electron chi connectivity index (χ1n) is 6.09. The molecule has 0 unspecified atom stereocenters. The molecule has 100 valence electrons. The third-order valence-electron chi connectivity index (χ3n) is 3.16. The summed E-state index contributed by atoms with van der Waals surface area (Å²) < 4.78 is 14.5. The minimum atomic E-state index is -0.562. The lowest BCUT2D eigenvalue weighted by atomic mass is 10.0. The van der Waals surface area contributed by atoms with Gasteiger partial charge in [0.25, 0.3) is 0 Å². The number of carbonyl (C=O) groups is 1. The summed E-state index contributed by atoms with van der Waals surface area (Å²) >= 11 is 7.45. The van der Waals surface area contributed by atoms with Crippen LogP contribution in [-0.4, -0.2) is 5.78 Å². The van der Waals surface area contributed by atoms with E-state index in [1.807, 2.05) is 29.6 Å². The van der Waals surface area contributed by atoms with Gasteiger partial charge < -0.3 is 0 Å². The van der Waals surface area contributed by atoms with Gasteiger partial charge in [0.15, 0.2) is 5.78 Å². The number of carbonyl (C=O) groups excluding carboxylic acids is 1. The number of ketones is 1. The van der Waals surface area contributed by atoms with Crippen LogP contribution in [0.2, 0.25) is 5.02 Å². The van der Waals surface area contributed by atoms with Crippen LogP contribution in [0.15, 0.2) is 47.8 Å². The van der Waals surface area contributed by atoms with Crippen LogP contribution in [-0.2, 0) is 6.42 Å². The van der Waals surface area contributed by atoms with Crippen molar-refractivity contribution in [1.29, 1.82) is 0 Å². The highest BCUT2D eigenvalue weighted by atomic mass is 35.5. The van der Waals surface area contributed by atoms with Gasteiger partial charge in [-0.3, -0.25) is 4.79 Å². The minimum absolute atomic E-state index is 0.1000. The van der Waals surface area contributed by atoms with Crippen molar-refractivity contribution in [2.24, 2.45) is 0 Å². The fourth-order valence-corrected chi connectivity index (χ4v) is 3.35. The van der Waals surface area contributed by atoms with Crippen LogP contribution in [0.3, 0.4) is 0 Å². The van der Waals surface area contributed by atoms with Crippen molar-refractivity contribution in [3.63, 3.8) is 0 Å². The number of benzene rings is 2. The summed E-state index contributed by atoms with van der Waals surface area (Å²) in [7, 11) is 0. The van der Waals surface area contributed by atoms with Crippen molar-refractivity contribution >= 4 is 38.8 Å². The third-order valence-corrected chi connectivity index (χ3v) is 4.56. The van der Waals surface area contributed by atoms with E-state index in [2.05, 4.69) is 0 Å². The molecule has 0 radical (unpaired) electrons. The van der Waals surface area contributed by atoms with Crippen molar-refractivity contribution in [1.82, 2.24) is 0 Å². The lowest BCUT2D eigenvalue weighted by molar-refractivity contribution is 0.0993. The molecule has 1 nitrogen and oxygen atoms in total. The second-order valence-electron chi connectivity index (χ2n) is 4.46. The van der Waals surface area contributed by atoms with Gasteiger partial charge in [0.05, 0.1) is 5.02 Å². The molecule has 0 spiro atoms. The van der Waals surface area contributed by atoms with E-state index in [-0.39, 0.29) is 22.8 Å². The van der Waals surface area contributed by atoms with E-state index < -0.39 is 5.82 Å². The molecule has 0 atom stereocenters. The van der Waals surface area contributed by atoms with Crippen molar-refractivity contribution in [3.8, 4) is 0 Å². The number of thiophene rings is 1. The Morgan fingerprint density at radius 2 is 1.95 bits per heavy atom. The van der Waals surface area contributed by atoms with Crippen LogP contribution in [0.4, 0.5) is 4.39 Å². The second kappa shape index (κ2) is 5.35. The predicted octanol–water partition coefficient (Wildman–Crippen LogP) is 5.12.